The molecule has 39 heavy (non-hydrogen) atoms. The molecule has 1 aromatic heterocycles. The number of likely N-dealkylation sites (tertiary alicyclic amines) is 1. The van der Waals surface area contributed by atoms with Crippen LogP contribution in [0.3, 0.4) is 0 Å². The zero-order valence-corrected chi connectivity index (χ0v) is 22.3. The van der Waals surface area contributed by atoms with E-state index < -0.39 is 51.8 Å². The highest BCUT2D eigenvalue weighted by molar-refractivity contribution is 7.89. The van der Waals surface area contributed by atoms with Crippen molar-refractivity contribution in [1.29, 1.82) is 0 Å². The first-order valence-electron chi connectivity index (χ1n) is 12.3. The van der Waals surface area contributed by atoms with Crippen LogP contribution >= 0.6 is 0 Å². The maximum absolute atomic E-state index is 13.8. The third-order valence-electron chi connectivity index (χ3n) is 6.75. The monoisotopic (exact) mass is 564 g/mol. The van der Waals surface area contributed by atoms with Gasteiger partial charge in [0.1, 0.15) is 11.4 Å². The summed E-state index contributed by atoms with van der Waals surface area (Å²) in [4.78, 5) is 14.4. The Morgan fingerprint density at radius 1 is 1.13 bits per heavy atom. The Morgan fingerprint density at radius 3 is 2.49 bits per heavy atom. The van der Waals surface area contributed by atoms with E-state index in [1.807, 2.05) is 0 Å². The summed E-state index contributed by atoms with van der Waals surface area (Å²) in [5.41, 5.74) is 0.714. The average molecular weight is 565 g/mol. The van der Waals surface area contributed by atoms with Gasteiger partial charge in [0, 0.05) is 37.2 Å². The lowest BCUT2D eigenvalue weighted by molar-refractivity contribution is 0.0147. The van der Waals surface area contributed by atoms with Gasteiger partial charge in [0.05, 0.1) is 4.90 Å². The third-order valence-corrected chi connectivity index (χ3v) is 8.70. The summed E-state index contributed by atoms with van der Waals surface area (Å²) in [6.07, 6.45) is -3.13. The molecule has 0 aliphatic carbocycles. The molecule has 5 rings (SSSR count). The van der Waals surface area contributed by atoms with Gasteiger partial charge >= 0.3 is 12.5 Å². The summed E-state index contributed by atoms with van der Waals surface area (Å²) in [6.45, 7) is 5.82. The molecular weight excluding hydrogens is 537 g/mol. The van der Waals surface area contributed by atoms with E-state index in [0.717, 1.165) is 0 Å². The number of piperidine rings is 1. The molecule has 0 N–H and O–H groups in total. The second-order valence-electron chi connectivity index (χ2n) is 10.6. The molecule has 2 aliphatic rings. The molecule has 0 radical (unpaired) electrons. The first-order chi connectivity index (χ1) is 18.3. The molecule has 2 aromatic carbocycles. The van der Waals surface area contributed by atoms with Gasteiger partial charge < -0.3 is 14.1 Å². The van der Waals surface area contributed by atoms with Crippen LogP contribution < -0.4 is 0 Å². The van der Waals surface area contributed by atoms with Crippen LogP contribution in [-0.4, -0.2) is 58.6 Å². The van der Waals surface area contributed by atoms with E-state index in [-0.39, 0.29) is 36.0 Å². The quantitative estimate of drug-likeness (QED) is 0.434. The van der Waals surface area contributed by atoms with Crippen LogP contribution in [-0.2, 0) is 21.3 Å². The minimum Gasteiger partial charge on any atom is -0.444 e. The van der Waals surface area contributed by atoms with E-state index in [0.29, 0.717) is 17.5 Å². The summed E-state index contributed by atoms with van der Waals surface area (Å²) in [5, 5.41) is 6.92. The molecule has 0 saturated carbocycles. The highest BCUT2D eigenvalue weighted by Crippen LogP contribution is 2.41. The Morgan fingerprint density at radius 2 is 1.85 bits per heavy atom. The van der Waals surface area contributed by atoms with E-state index in [4.69, 9.17) is 9.15 Å². The van der Waals surface area contributed by atoms with Crippen LogP contribution in [0.1, 0.15) is 56.6 Å². The molecule has 3 aromatic rings. The van der Waals surface area contributed by atoms with Crippen LogP contribution in [0.2, 0.25) is 0 Å². The molecule has 0 unspecified atom stereocenters. The van der Waals surface area contributed by atoms with Gasteiger partial charge in [0.15, 0.2) is 0 Å². The molecule has 208 valence electrons. The zero-order chi connectivity index (χ0) is 28.1. The molecule has 1 amide bonds. The first-order valence-corrected chi connectivity index (χ1v) is 13.8. The van der Waals surface area contributed by atoms with Gasteiger partial charge in [-0.3, -0.25) is 0 Å². The Labute approximate surface area is 223 Å². The van der Waals surface area contributed by atoms with Gasteiger partial charge in [-0.1, -0.05) is 18.2 Å². The SMILES string of the molecule is CC(C)(C)OC(=O)N1CC[C@@H](N2Cc3ccc(-c4nnc(C(F)F)o4)cc3S2(=O)=O)[C@H](c2ccc(F)cc2)C1. The van der Waals surface area contributed by atoms with Crippen molar-refractivity contribution >= 4 is 16.1 Å². The number of hydrogen-bond acceptors (Lipinski definition) is 7. The summed E-state index contributed by atoms with van der Waals surface area (Å²) in [6, 6.07) is 9.73. The number of aromatic nitrogens is 2. The number of amides is 1. The van der Waals surface area contributed by atoms with Gasteiger partial charge in [-0.2, -0.15) is 13.1 Å². The Bertz CT molecular complexity index is 1490. The van der Waals surface area contributed by atoms with Crippen LogP contribution in [0.4, 0.5) is 18.0 Å². The predicted molar refractivity (Wildman–Crippen MR) is 133 cm³/mol. The molecule has 3 heterocycles. The van der Waals surface area contributed by atoms with Crippen molar-refractivity contribution < 1.29 is 35.5 Å². The number of sulfonamides is 1. The van der Waals surface area contributed by atoms with Gasteiger partial charge in [-0.25, -0.2) is 17.6 Å². The summed E-state index contributed by atoms with van der Waals surface area (Å²) in [7, 11) is -4.02. The largest absolute Gasteiger partial charge is 0.444 e. The molecule has 1 saturated heterocycles. The summed E-state index contributed by atoms with van der Waals surface area (Å²) >= 11 is 0. The lowest BCUT2D eigenvalue weighted by atomic mass is 9.86. The smallest absolute Gasteiger partial charge is 0.410 e. The Kier molecular flexibility index (Phi) is 6.91. The van der Waals surface area contributed by atoms with Crippen LogP contribution in [0, 0.1) is 5.82 Å². The number of fused-ring (bicyclic) bond motifs is 1. The number of ether oxygens (including phenoxy) is 1. The molecule has 0 spiro atoms. The maximum Gasteiger partial charge on any atom is 0.410 e. The summed E-state index contributed by atoms with van der Waals surface area (Å²) < 4.78 is 79.0. The Hall–Kier alpha value is -3.45. The number of carbonyl (C=O) groups is 1. The van der Waals surface area contributed by atoms with Gasteiger partial charge in [-0.05, 0) is 62.6 Å². The van der Waals surface area contributed by atoms with E-state index >= 15 is 0 Å². The lowest BCUT2D eigenvalue weighted by Crippen LogP contribution is -2.52. The van der Waals surface area contributed by atoms with Crippen LogP contribution in [0.25, 0.3) is 11.5 Å². The van der Waals surface area contributed by atoms with Crippen LogP contribution in [0.15, 0.2) is 51.8 Å². The van der Waals surface area contributed by atoms with E-state index in [9.17, 15) is 26.4 Å². The topological polar surface area (TPSA) is 106 Å². The fourth-order valence-electron chi connectivity index (χ4n) is 4.99. The van der Waals surface area contributed by atoms with Crippen molar-refractivity contribution in [3.8, 4) is 11.5 Å². The van der Waals surface area contributed by atoms with E-state index in [1.54, 1.807) is 49.9 Å². The van der Waals surface area contributed by atoms with Gasteiger partial charge in [0.2, 0.25) is 15.9 Å². The van der Waals surface area contributed by atoms with Crippen molar-refractivity contribution in [3.63, 3.8) is 0 Å². The molecule has 1 fully saturated rings. The minimum atomic E-state index is -4.02. The number of carbonyl (C=O) groups excluding carboxylic acids is 1. The number of hydrogen-bond donors (Lipinski definition) is 0. The first kappa shape index (κ1) is 27.1. The fraction of sp³-hybridized carbons (Fsp3) is 0.423. The minimum absolute atomic E-state index is 0.0178. The zero-order valence-electron chi connectivity index (χ0n) is 21.5. The average Bonchev–Trinajstić information content (AvgIpc) is 3.46. The standard InChI is InChI=1S/C26H27F3N4O5S/c1-26(2,3)38-25(34)32-11-10-20(19(14-32)15-6-8-18(27)9-7-15)33-13-17-5-4-16(12-21(17)39(33,35)36)23-30-31-24(37-23)22(28)29/h4-9,12,19-20,22H,10-11,13-14H2,1-3H3/t19-,20+/m0/s1. The molecular formula is C26H27F3N4O5S. The molecule has 13 heteroatoms. The van der Waals surface area contributed by atoms with Crippen molar-refractivity contribution in [2.45, 2.75) is 62.6 Å². The van der Waals surface area contributed by atoms with Crippen molar-refractivity contribution in [3.05, 3.63) is 65.3 Å². The van der Waals surface area contributed by atoms with Crippen molar-refractivity contribution in [2.75, 3.05) is 13.1 Å². The van der Waals surface area contributed by atoms with Gasteiger partial charge in [-0.15, -0.1) is 10.2 Å². The van der Waals surface area contributed by atoms with Crippen LogP contribution in [0.5, 0.6) is 0 Å². The van der Waals surface area contributed by atoms with E-state index in [2.05, 4.69) is 10.2 Å². The lowest BCUT2D eigenvalue weighted by Gasteiger charge is -2.42. The normalized spacial score (nSPS) is 21.3. The molecule has 2 atom stereocenters. The molecule has 2 aliphatic heterocycles. The van der Waals surface area contributed by atoms with E-state index in [1.165, 1.54) is 22.5 Å². The number of benzene rings is 2. The number of nitrogens with zero attached hydrogens (tertiary/aromatic N) is 4. The highest BCUT2D eigenvalue weighted by Gasteiger charge is 2.45. The predicted octanol–water partition coefficient (Wildman–Crippen LogP) is 5.11. The number of halogens is 3. The maximum atomic E-state index is 13.8. The Balaban J connectivity index is 1.46. The van der Waals surface area contributed by atoms with Gasteiger partial charge in [0.25, 0.3) is 5.89 Å². The second-order valence-corrected chi connectivity index (χ2v) is 12.4. The third kappa shape index (κ3) is 5.37. The second kappa shape index (κ2) is 9.94. The highest BCUT2D eigenvalue weighted by atomic mass is 32.2. The fourth-order valence-corrected chi connectivity index (χ4v) is 6.90. The number of rotatable bonds is 4. The van der Waals surface area contributed by atoms with Crippen molar-refractivity contribution in [2.24, 2.45) is 0 Å². The molecule has 0 bridgehead atoms. The van der Waals surface area contributed by atoms with Crippen molar-refractivity contribution in [1.82, 2.24) is 19.4 Å². The molecule has 9 nitrogen and oxygen atoms in total. The summed E-state index contributed by atoms with van der Waals surface area (Å²) in [5.74, 6) is -1.95. The number of alkyl halides is 2.